The summed E-state index contributed by atoms with van der Waals surface area (Å²) in [4.78, 5) is 30.1. The van der Waals surface area contributed by atoms with Crippen LogP contribution in [0.1, 0.15) is 13.2 Å². The second-order valence-electron chi connectivity index (χ2n) is 4.94. The van der Waals surface area contributed by atoms with Crippen LogP contribution in [-0.2, 0) is 21.1 Å². The van der Waals surface area contributed by atoms with Crippen LogP contribution >= 0.6 is 6.72 Å². The van der Waals surface area contributed by atoms with E-state index in [1.165, 1.54) is 24.1 Å². The fourth-order valence-corrected chi connectivity index (χ4v) is 2.52. The number of nitrogens with two attached hydrogens (primary N) is 1. The molecule has 0 amide bonds. The van der Waals surface area contributed by atoms with Gasteiger partial charge < -0.3 is 35.0 Å². The highest BCUT2D eigenvalue weighted by atomic mass is 32.5. The highest BCUT2D eigenvalue weighted by molar-refractivity contribution is 8.06. The van der Waals surface area contributed by atoms with Crippen molar-refractivity contribution in [3.63, 3.8) is 0 Å². The minimum Gasteiger partial charge on any atom is -0.394 e. The summed E-state index contributed by atoms with van der Waals surface area (Å²) in [5, 5.41) is 19.4. The lowest BCUT2D eigenvalue weighted by atomic mass is 10.3. The van der Waals surface area contributed by atoms with Crippen LogP contribution in [0.15, 0.2) is 12.7 Å². The quantitative estimate of drug-likeness (QED) is 0.353. The summed E-state index contributed by atoms with van der Waals surface area (Å²) < 4.78 is 11.7. The Morgan fingerprint density at radius 2 is 2.08 bits per heavy atom. The molecule has 2 heterocycles. The van der Waals surface area contributed by atoms with Crippen molar-refractivity contribution < 1.29 is 29.3 Å². The average Bonchev–Trinajstić information content (AvgIpc) is 2.91. The van der Waals surface area contributed by atoms with Crippen LogP contribution in [0.25, 0.3) is 11.2 Å². The van der Waals surface area contributed by atoms with Crippen LogP contribution in [0.3, 0.4) is 0 Å². The van der Waals surface area contributed by atoms with E-state index < -0.39 is 31.8 Å². The molecule has 0 unspecified atom stereocenters. The van der Waals surface area contributed by atoms with E-state index >= 15 is 0 Å². The minimum atomic E-state index is -3.88. The summed E-state index contributed by atoms with van der Waals surface area (Å²) >= 11 is 4.34. The van der Waals surface area contributed by atoms with Gasteiger partial charge in [0, 0.05) is 0 Å². The lowest BCUT2D eigenvalue weighted by Crippen LogP contribution is -2.33. The number of hydrogen-bond donors (Lipinski definition) is 5. The number of aliphatic hydroxyl groups is 2. The smallest absolute Gasteiger partial charge is 0.321 e. The predicted molar refractivity (Wildman–Crippen MR) is 87.1 cm³/mol. The van der Waals surface area contributed by atoms with E-state index in [9.17, 15) is 10.2 Å². The molecule has 0 fully saturated rings. The topological polar surface area (TPSA) is 169 Å². The molecule has 0 bridgehead atoms. The number of aliphatic hydroxyl groups excluding tert-OH is 2. The number of ether oxygens (including phenoxy) is 1. The van der Waals surface area contributed by atoms with Crippen molar-refractivity contribution in [2.24, 2.45) is 0 Å². The standard InChI is InChI=1S/C11H18N5O6PS/c1-6(18)11(22-7(2-17)3-21-23(19,20)24)16-5-15-8-9(12)13-4-14-10(8)16/h4-7,11,17-18H,2-3H2,1H3,(H2,12,13,14)(H2,19,20,24)/t6-,7-,11+/m0/s1. The largest absolute Gasteiger partial charge is 0.394 e. The Bertz CT molecular complexity index is 737. The van der Waals surface area contributed by atoms with Gasteiger partial charge in [-0.05, 0) is 18.7 Å². The van der Waals surface area contributed by atoms with E-state index in [-0.39, 0.29) is 12.4 Å². The molecule has 2 aromatic heterocycles. The van der Waals surface area contributed by atoms with Gasteiger partial charge >= 0.3 is 6.72 Å². The molecule has 0 aliphatic rings. The summed E-state index contributed by atoms with van der Waals surface area (Å²) in [5.74, 6) is 0.173. The maximum Gasteiger partial charge on any atom is 0.321 e. The summed E-state index contributed by atoms with van der Waals surface area (Å²) in [5.41, 5.74) is 6.39. The molecule has 11 nitrogen and oxygen atoms in total. The van der Waals surface area contributed by atoms with Gasteiger partial charge in [-0.2, -0.15) is 0 Å². The molecule has 0 aliphatic heterocycles. The van der Waals surface area contributed by atoms with Crippen molar-refractivity contribution in [1.82, 2.24) is 19.5 Å². The highest BCUT2D eigenvalue weighted by Crippen LogP contribution is 2.36. The Balaban J connectivity index is 2.25. The van der Waals surface area contributed by atoms with Crippen LogP contribution in [0, 0.1) is 0 Å². The highest BCUT2D eigenvalue weighted by Gasteiger charge is 2.26. The number of fused-ring (bicyclic) bond motifs is 1. The molecule has 0 radical (unpaired) electrons. The van der Waals surface area contributed by atoms with Crippen LogP contribution < -0.4 is 5.73 Å². The third kappa shape index (κ3) is 4.65. The van der Waals surface area contributed by atoms with Crippen molar-refractivity contribution >= 4 is 35.5 Å². The molecule has 3 atom stereocenters. The first-order valence-electron chi connectivity index (χ1n) is 6.80. The molecular weight excluding hydrogens is 361 g/mol. The van der Waals surface area contributed by atoms with Gasteiger partial charge in [-0.3, -0.25) is 4.57 Å². The number of nitrogen functional groups attached to an aromatic ring is 1. The van der Waals surface area contributed by atoms with Gasteiger partial charge in [0.1, 0.15) is 17.9 Å². The second kappa shape index (κ2) is 7.76. The first-order valence-corrected chi connectivity index (χ1v) is 9.43. The van der Waals surface area contributed by atoms with Gasteiger partial charge in [0.25, 0.3) is 0 Å². The maximum atomic E-state index is 10.0. The monoisotopic (exact) mass is 379 g/mol. The SMILES string of the molecule is C[C@H](O)[C@@H](O[C@@H](CO)COP(O)(O)=S)n1cnc2c(N)ncnc21. The molecule has 6 N–H and O–H groups in total. The van der Waals surface area contributed by atoms with Gasteiger partial charge in [-0.15, -0.1) is 0 Å². The summed E-state index contributed by atoms with van der Waals surface area (Å²) in [6.07, 6.45) is -0.359. The van der Waals surface area contributed by atoms with Crippen LogP contribution in [-0.4, -0.2) is 64.9 Å². The van der Waals surface area contributed by atoms with E-state index in [1.807, 2.05) is 0 Å². The Morgan fingerprint density at radius 3 is 2.67 bits per heavy atom. The Labute approximate surface area is 142 Å². The first-order chi connectivity index (χ1) is 11.2. The zero-order chi connectivity index (χ0) is 17.9. The summed E-state index contributed by atoms with van der Waals surface area (Å²) in [7, 11) is 0. The van der Waals surface area contributed by atoms with E-state index in [4.69, 9.17) is 20.3 Å². The number of imidazole rings is 1. The molecule has 0 aromatic carbocycles. The zero-order valence-corrected chi connectivity index (χ0v) is 14.3. The fourth-order valence-electron chi connectivity index (χ4n) is 1.98. The maximum absolute atomic E-state index is 10.0. The van der Waals surface area contributed by atoms with E-state index in [0.717, 1.165) is 0 Å². The summed E-state index contributed by atoms with van der Waals surface area (Å²) in [6, 6.07) is 0. The molecule has 13 heteroatoms. The van der Waals surface area contributed by atoms with Crippen LogP contribution in [0.4, 0.5) is 5.82 Å². The Kier molecular flexibility index (Phi) is 6.17. The minimum absolute atomic E-state index is 0.173. The lowest BCUT2D eigenvalue weighted by Gasteiger charge is -2.27. The van der Waals surface area contributed by atoms with Gasteiger partial charge in [0.05, 0.1) is 25.6 Å². The first kappa shape index (κ1) is 19.1. The molecule has 2 rings (SSSR count). The zero-order valence-electron chi connectivity index (χ0n) is 12.6. The fraction of sp³-hybridized carbons (Fsp3) is 0.545. The number of nitrogens with zero attached hydrogens (tertiary/aromatic N) is 4. The molecule has 134 valence electrons. The Hall–Kier alpha value is -1.24. The molecule has 0 aliphatic carbocycles. The van der Waals surface area contributed by atoms with Crippen LogP contribution in [0.2, 0.25) is 0 Å². The van der Waals surface area contributed by atoms with Crippen molar-refractivity contribution in [1.29, 1.82) is 0 Å². The number of anilines is 1. The second-order valence-corrected chi connectivity index (χ2v) is 7.61. The average molecular weight is 379 g/mol. The van der Waals surface area contributed by atoms with Crippen molar-refractivity contribution in [3.05, 3.63) is 12.7 Å². The van der Waals surface area contributed by atoms with Gasteiger partial charge in [0.15, 0.2) is 17.7 Å². The number of aromatic nitrogens is 4. The van der Waals surface area contributed by atoms with Gasteiger partial charge in [-0.1, -0.05) is 0 Å². The van der Waals surface area contributed by atoms with E-state index in [1.54, 1.807) is 0 Å². The Morgan fingerprint density at radius 1 is 1.38 bits per heavy atom. The third-order valence-electron chi connectivity index (χ3n) is 3.04. The van der Waals surface area contributed by atoms with Gasteiger partial charge in [-0.25, -0.2) is 15.0 Å². The molecule has 2 aromatic rings. The van der Waals surface area contributed by atoms with E-state index in [2.05, 4.69) is 31.3 Å². The lowest BCUT2D eigenvalue weighted by molar-refractivity contribution is -0.132. The molecule has 24 heavy (non-hydrogen) atoms. The normalized spacial score (nSPS) is 16.2. The van der Waals surface area contributed by atoms with E-state index in [0.29, 0.717) is 11.2 Å². The van der Waals surface area contributed by atoms with Crippen molar-refractivity contribution in [2.75, 3.05) is 18.9 Å². The summed E-state index contributed by atoms with van der Waals surface area (Å²) in [6.45, 7) is -3.28. The van der Waals surface area contributed by atoms with Crippen LogP contribution in [0.5, 0.6) is 0 Å². The molecule has 0 saturated heterocycles. The molecular formula is C11H18N5O6PS. The number of hydrogen-bond acceptors (Lipinski definition) is 9. The molecule has 0 saturated carbocycles. The van der Waals surface area contributed by atoms with Gasteiger partial charge in [0.2, 0.25) is 0 Å². The molecule has 0 spiro atoms. The third-order valence-corrected chi connectivity index (χ3v) is 3.84. The predicted octanol–water partition coefficient (Wildman–Crippen LogP) is -1.11. The van der Waals surface area contributed by atoms with Crippen molar-refractivity contribution in [3.8, 4) is 0 Å². The number of rotatable bonds is 8. The van der Waals surface area contributed by atoms with Crippen molar-refractivity contribution in [2.45, 2.75) is 25.4 Å².